The van der Waals surface area contributed by atoms with Gasteiger partial charge in [-0.1, -0.05) is 45.9 Å². The number of hydrogen-bond donors (Lipinski definition) is 3. The third-order valence-electron chi connectivity index (χ3n) is 3.09. The number of rotatable bonds is 7. The van der Waals surface area contributed by atoms with E-state index in [2.05, 4.69) is 10.1 Å². The van der Waals surface area contributed by atoms with Gasteiger partial charge in [0.2, 0.25) is 0 Å². The summed E-state index contributed by atoms with van der Waals surface area (Å²) in [5.74, 6) is 0.855. The predicted molar refractivity (Wildman–Crippen MR) is 109 cm³/mol. The number of para-hydroxylation sites is 1. The molecule has 4 N–H and O–H groups in total. The van der Waals surface area contributed by atoms with Crippen molar-refractivity contribution in [2.75, 3.05) is 7.05 Å². The molecule has 0 radical (unpaired) electrons. The SMILES string of the molecule is CC.CC.CNP(OCc1cnc(C)c(O)c1CN)Oc1ccccc1. The Morgan fingerprint density at radius 1 is 1.15 bits per heavy atom. The third-order valence-corrected chi connectivity index (χ3v) is 4.19. The summed E-state index contributed by atoms with van der Waals surface area (Å²) < 4.78 is 11.5. The lowest BCUT2D eigenvalue weighted by atomic mass is 10.1. The van der Waals surface area contributed by atoms with Crippen molar-refractivity contribution in [1.82, 2.24) is 10.1 Å². The minimum Gasteiger partial charge on any atom is -0.506 e. The molecular formula is C19H32N3O3P. The molecule has 0 aliphatic rings. The second kappa shape index (κ2) is 14.4. The Hall–Kier alpha value is -1.72. The van der Waals surface area contributed by atoms with Crippen LogP contribution in [0.3, 0.4) is 0 Å². The van der Waals surface area contributed by atoms with Gasteiger partial charge in [0.15, 0.2) is 0 Å². The molecule has 7 heteroatoms. The summed E-state index contributed by atoms with van der Waals surface area (Å²) in [4.78, 5) is 4.14. The number of nitrogens with two attached hydrogens (primary N) is 1. The summed E-state index contributed by atoms with van der Waals surface area (Å²) >= 11 is 0. The van der Waals surface area contributed by atoms with Crippen molar-refractivity contribution in [2.45, 2.75) is 47.8 Å². The van der Waals surface area contributed by atoms with Gasteiger partial charge in [0.1, 0.15) is 11.5 Å². The van der Waals surface area contributed by atoms with Gasteiger partial charge in [-0.2, -0.15) is 0 Å². The van der Waals surface area contributed by atoms with Crippen molar-refractivity contribution in [3.05, 3.63) is 53.3 Å². The van der Waals surface area contributed by atoms with E-state index in [9.17, 15) is 5.11 Å². The van der Waals surface area contributed by atoms with Gasteiger partial charge in [0.25, 0.3) is 0 Å². The largest absolute Gasteiger partial charge is 0.506 e. The fourth-order valence-corrected chi connectivity index (χ4v) is 2.72. The number of aromatic hydroxyl groups is 1. The summed E-state index contributed by atoms with van der Waals surface area (Å²) in [6, 6.07) is 9.44. The summed E-state index contributed by atoms with van der Waals surface area (Å²) in [5, 5.41) is 13.0. The fraction of sp³-hybridized carbons (Fsp3) is 0.421. The molecule has 1 heterocycles. The average molecular weight is 381 g/mol. The zero-order valence-electron chi connectivity index (χ0n) is 16.6. The first-order chi connectivity index (χ1) is 12.7. The minimum atomic E-state index is -1.29. The Labute approximate surface area is 158 Å². The highest BCUT2D eigenvalue weighted by atomic mass is 31.2. The topological polar surface area (TPSA) is 89.6 Å². The molecule has 0 aliphatic carbocycles. The van der Waals surface area contributed by atoms with E-state index in [-0.39, 0.29) is 18.9 Å². The first-order valence-corrected chi connectivity index (χ1v) is 10.0. The molecule has 26 heavy (non-hydrogen) atoms. The van der Waals surface area contributed by atoms with E-state index >= 15 is 0 Å². The van der Waals surface area contributed by atoms with Gasteiger partial charge in [-0.3, -0.25) is 4.98 Å². The van der Waals surface area contributed by atoms with Crippen LogP contribution in [0.25, 0.3) is 0 Å². The van der Waals surface area contributed by atoms with Crippen molar-refractivity contribution < 1.29 is 14.2 Å². The Kier molecular flexibility index (Phi) is 13.5. The highest BCUT2D eigenvalue weighted by Crippen LogP contribution is 2.36. The molecule has 146 valence electrons. The lowest BCUT2D eigenvalue weighted by Crippen LogP contribution is -2.09. The van der Waals surface area contributed by atoms with Crippen LogP contribution in [-0.2, 0) is 17.7 Å². The Morgan fingerprint density at radius 3 is 2.31 bits per heavy atom. The van der Waals surface area contributed by atoms with E-state index in [1.54, 1.807) is 20.2 Å². The molecule has 1 aromatic heterocycles. The van der Waals surface area contributed by atoms with Crippen LogP contribution < -0.4 is 15.3 Å². The average Bonchev–Trinajstić information content (AvgIpc) is 2.71. The normalized spacial score (nSPS) is 10.7. The zero-order chi connectivity index (χ0) is 19.9. The van der Waals surface area contributed by atoms with Crippen LogP contribution in [0.2, 0.25) is 0 Å². The van der Waals surface area contributed by atoms with Gasteiger partial charge >= 0.3 is 8.53 Å². The van der Waals surface area contributed by atoms with Crippen LogP contribution in [-0.4, -0.2) is 17.1 Å². The van der Waals surface area contributed by atoms with E-state index in [4.69, 9.17) is 14.8 Å². The molecule has 1 unspecified atom stereocenters. The maximum absolute atomic E-state index is 10.00. The van der Waals surface area contributed by atoms with Crippen molar-refractivity contribution in [1.29, 1.82) is 0 Å². The highest BCUT2D eigenvalue weighted by molar-refractivity contribution is 7.45. The Bertz CT molecular complexity index is 612. The Balaban J connectivity index is 0.00000146. The zero-order valence-corrected chi connectivity index (χ0v) is 17.5. The molecule has 6 nitrogen and oxygen atoms in total. The van der Waals surface area contributed by atoms with Gasteiger partial charge in [0, 0.05) is 23.9 Å². The quantitative estimate of drug-likeness (QED) is 0.605. The summed E-state index contributed by atoms with van der Waals surface area (Å²) in [7, 11) is 0.474. The minimum absolute atomic E-state index is 0.126. The number of pyridine rings is 1. The summed E-state index contributed by atoms with van der Waals surface area (Å²) in [6.07, 6.45) is 1.67. The van der Waals surface area contributed by atoms with Crippen molar-refractivity contribution in [3.8, 4) is 11.5 Å². The van der Waals surface area contributed by atoms with Crippen LogP contribution in [0.5, 0.6) is 11.5 Å². The number of nitrogens with one attached hydrogen (secondary N) is 1. The molecule has 0 aliphatic heterocycles. The number of hydrogen-bond acceptors (Lipinski definition) is 6. The third kappa shape index (κ3) is 7.67. The van der Waals surface area contributed by atoms with Crippen LogP contribution in [0.1, 0.15) is 44.5 Å². The highest BCUT2D eigenvalue weighted by Gasteiger charge is 2.15. The van der Waals surface area contributed by atoms with Crippen LogP contribution in [0.4, 0.5) is 0 Å². The molecular weight excluding hydrogens is 349 g/mol. The van der Waals surface area contributed by atoms with Crippen LogP contribution in [0.15, 0.2) is 36.5 Å². The van der Waals surface area contributed by atoms with Crippen molar-refractivity contribution in [3.63, 3.8) is 0 Å². The first-order valence-electron chi connectivity index (χ1n) is 8.85. The number of aryl methyl sites for hydroxylation is 1. The first kappa shape index (κ1) is 24.3. The number of nitrogens with zero attached hydrogens (tertiary/aromatic N) is 1. The van der Waals surface area contributed by atoms with E-state index in [0.717, 1.165) is 11.3 Å². The number of benzene rings is 1. The monoisotopic (exact) mass is 381 g/mol. The number of aromatic nitrogens is 1. The fourth-order valence-electron chi connectivity index (χ4n) is 1.88. The molecule has 1 atom stereocenters. The van der Waals surface area contributed by atoms with Gasteiger partial charge in [0.05, 0.1) is 12.3 Å². The molecule has 2 aromatic rings. The molecule has 2 rings (SSSR count). The van der Waals surface area contributed by atoms with Gasteiger partial charge < -0.3 is 19.9 Å². The molecule has 0 spiro atoms. The maximum atomic E-state index is 10.00. The standard InChI is InChI=1S/C15H20N3O3P.2C2H6/c1-11-15(19)14(8-16)12(9-18-11)10-20-22(17-2)21-13-6-4-3-5-7-13;2*1-2/h3-7,9,17,19H,8,10,16H2,1-2H3;2*1-2H3. The smallest absolute Gasteiger partial charge is 0.318 e. The van der Waals surface area contributed by atoms with E-state index in [0.29, 0.717) is 11.3 Å². The molecule has 1 aromatic carbocycles. The van der Waals surface area contributed by atoms with Gasteiger partial charge in [-0.15, -0.1) is 0 Å². The maximum Gasteiger partial charge on any atom is 0.318 e. The molecule has 0 saturated carbocycles. The molecule has 0 saturated heterocycles. The molecule has 0 amide bonds. The van der Waals surface area contributed by atoms with E-state index in [1.807, 2.05) is 58.0 Å². The summed E-state index contributed by atoms with van der Waals surface area (Å²) in [6.45, 7) is 10.2. The van der Waals surface area contributed by atoms with E-state index < -0.39 is 8.53 Å². The van der Waals surface area contributed by atoms with Gasteiger partial charge in [-0.25, -0.2) is 5.09 Å². The molecule has 0 bridgehead atoms. The van der Waals surface area contributed by atoms with Crippen molar-refractivity contribution >= 4 is 8.53 Å². The second-order valence-electron chi connectivity index (χ2n) is 4.56. The van der Waals surface area contributed by atoms with Crippen molar-refractivity contribution in [2.24, 2.45) is 5.73 Å². The van der Waals surface area contributed by atoms with E-state index in [1.165, 1.54) is 0 Å². The summed E-state index contributed by atoms with van der Waals surface area (Å²) in [5.41, 5.74) is 7.66. The second-order valence-corrected chi connectivity index (χ2v) is 5.96. The lowest BCUT2D eigenvalue weighted by Gasteiger charge is -2.18. The lowest BCUT2D eigenvalue weighted by molar-refractivity contribution is 0.295. The Morgan fingerprint density at radius 2 is 1.77 bits per heavy atom. The van der Waals surface area contributed by atoms with Crippen LogP contribution >= 0.6 is 8.53 Å². The van der Waals surface area contributed by atoms with Gasteiger partial charge in [-0.05, 0) is 26.1 Å². The van der Waals surface area contributed by atoms with Crippen LogP contribution in [0, 0.1) is 6.92 Å². The predicted octanol–water partition coefficient (Wildman–Crippen LogP) is 4.65. The molecule has 0 fully saturated rings.